The summed E-state index contributed by atoms with van der Waals surface area (Å²) in [6.07, 6.45) is 0.454. The number of nitro groups is 1. The van der Waals surface area contributed by atoms with Gasteiger partial charge in [-0.3, -0.25) is 10.1 Å². The van der Waals surface area contributed by atoms with Crippen LogP contribution in [0.4, 0.5) is 5.69 Å². The summed E-state index contributed by atoms with van der Waals surface area (Å²) < 4.78 is 0. The molecule has 0 saturated heterocycles. The number of hydrogen-bond acceptors (Lipinski definition) is 4. The fraction of sp³-hybridized carbons (Fsp3) is 0.333. The summed E-state index contributed by atoms with van der Waals surface area (Å²) >= 11 is 11.8. The summed E-state index contributed by atoms with van der Waals surface area (Å²) in [5, 5.41) is 28.4. The van der Waals surface area contributed by atoms with Crippen LogP contribution in [-0.2, 0) is 6.42 Å². The lowest BCUT2D eigenvalue weighted by atomic mass is 9.95. The number of benzene rings is 1. The summed E-state index contributed by atoms with van der Waals surface area (Å²) in [6.45, 7) is 0. The van der Waals surface area contributed by atoms with E-state index in [1.807, 2.05) is 12.1 Å². The van der Waals surface area contributed by atoms with E-state index in [2.05, 4.69) is 0 Å². The van der Waals surface area contributed by atoms with Gasteiger partial charge in [0.05, 0.1) is 17.1 Å². The zero-order valence-electron chi connectivity index (χ0n) is 9.77. The van der Waals surface area contributed by atoms with E-state index in [1.54, 1.807) is 6.07 Å². The third kappa shape index (κ3) is 4.10. The second-order valence-electron chi connectivity index (χ2n) is 3.95. The first-order chi connectivity index (χ1) is 8.91. The zero-order valence-corrected chi connectivity index (χ0v) is 11.3. The van der Waals surface area contributed by atoms with Crippen molar-refractivity contribution in [2.24, 2.45) is 0 Å². The molecule has 1 rings (SSSR count). The Labute approximate surface area is 120 Å². The number of nitriles is 2. The molecule has 0 bridgehead atoms. The largest absolute Gasteiger partial charge is 0.288 e. The average molecular weight is 298 g/mol. The summed E-state index contributed by atoms with van der Waals surface area (Å²) in [5.74, 6) is 0. The van der Waals surface area contributed by atoms with Gasteiger partial charge in [-0.25, -0.2) is 0 Å². The van der Waals surface area contributed by atoms with Gasteiger partial charge in [-0.05, 0) is 18.1 Å². The second kappa shape index (κ2) is 6.38. The second-order valence-corrected chi connectivity index (χ2v) is 5.09. The van der Waals surface area contributed by atoms with Crippen LogP contribution in [0.15, 0.2) is 18.2 Å². The van der Waals surface area contributed by atoms with Gasteiger partial charge in [0.2, 0.25) is 0 Å². The molecular formula is C12H9Cl2N3O2. The molecule has 0 aliphatic rings. The van der Waals surface area contributed by atoms with E-state index in [-0.39, 0.29) is 30.0 Å². The predicted molar refractivity (Wildman–Crippen MR) is 70.9 cm³/mol. The minimum atomic E-state index is -1.24. The van der Waals surface area contributed by atoms with Crippen LogP contribution in [0.2, 0.25) is 5.02 Å². The lowest BCUT2D eigenvalue weighted by molar-refractivity contribution is -0.384. The first-order valence-corrected chi connectivity index (χ1v) is 6.07. The van der Waals surface area contributed by atoms with Gasteiger partial charge in [0.25, 0.3) is 5.69 Å². The van der Waals surface area contributed by atoms with E-state index < -0.39 is 9.80 Å². The average Bonchev–Trinajstić information content (AvgIpc) is 2.38. The van der Waals surface area contributed by atoms with Crippen molar-refractivity contribution in [2.75, 3.05) is 0 Å². The Kier molecular flexibility index (Phi) is 5.11. The molecule has 98 valence electrons. The zero-order chi connectivity index (χ0) is 14.5. The number of nitrogens with zero attached hydrogens (tertiary/aromatic N) is 3. The van der Waals surface area contributed by atoms with E-state index in [1.165, 1.54) is 12.1 Å². The van der Waals surface area contributed by atoms with E-state index in [9.17, 15) is 10.1 Å². The normalized spacial score (nSPS) is 13.1. The van der Waals surface area contributed by atoms with Crippen molar-refractivity contribution in [3.05, 3.63) is 38.9 Å². The van der Waals surface area contributed by atoms with Gasteiger partial charge in [0, 0.05) is 18.9 Å². The smallest absolute Gasteiger partial charge is 0.258 e. The Morgan fingerprint density at radius 2 is 2.11 bits per heavy atom. The van der Waals surface area contributed by atoms with E-state index in [4.69, 9.17) is 33.7 Å². The third-order valence-corrected chi connectivity index (χ3v) is 3.25. The molecule has 1 aromatic rings. The van der Waals surface area contributed by atoms with Crippen LogP contribution in [0, 0.1) is 32.8 Å². The molecule has 0 aliphatic heterocycles. The maximum atomic E-state index is 10.8. The highest BCUT2D eigenvalue weighted by Gasteiger charge is 2.28. The topological polar surface area (TPSA) is 90.7 Å². The Morgan fingerprint density at radius 1 is 1.42 bits per heavy atom. The maximum absolute atomic E-state index is 10.8. The molecule has 0 N–H and O–H groups in total. The molecule has 0 spiro atoms. The van der Waals surface area contributed by atoms with E-state index >= 15 is 0 Å². The SMILES string of the molecule is N#CCCC(Cl)(C#N)Cc1ccc(Cl)c([N+](=O)[O-])c1. The molecule has 1 aromatic carbocycles. The number of hydrogen-bond donors (Lipinski definition) is 0. The maximum Gasteiger partial charge on any atom is 0.288 e. The van der Waals surface area contributed by atoms with Crippen LogP contribution in [-0.4, -0.2) is 9.80 Å². The van der Waals surface area contributed by atoms with Crippen molar-refractivity contribution in [1.29, 1.82) is 10.5 Å². The van der Waals surface area contributed by atoms with Crippen LogP contribution in [0.1, 0.15) is 18.4 Å². The molecular weight excluding hydrogens is 289 g/mol. The van der Waals surface area contributed by atoms with Crippen molar-refractivity contribution < 1.29 is 4.92 Å². The van der Waals surface area contributed by atoms with Gasteiger partial charge in [-0.15, -0.1) is 11.6 Å². The van der Waals surface area contributed by atoms with Crippen LogP contribution < -0.4 is 0 Å². The fourth-order valence-corrected chi connectivity index (χ4v) is 2.00. The van der Waals surface area contributed by atoms with Crippen LogP contribution in [0.5, 0.6) is 0 Å². The minimum Gasteiger partial charge on any atom is -0.258 e. The van der Waals surface area contributed by atoms with Gasteiger partial charge in [-0.1, -0.05) is 17.7 Å². The molecule has 1 unspecified atom stereocenters. The lowest BCUT2D eigenvalue weighted by Gasteiger charge is -2.17. The van der Waals surface area contributed by atoms with Gasteiger partial charge in [-0.2, -0.15) is 10.5 Å². The van der Waals surface area contributed by atoms with Crippen LogP contribution in [0.3, 0.4) is 0 Å². The predicted octanol–water partition coefficient (Wildman–Crippen LogP) is 3.60. The molecule has 0 amide bonds. The molecule has 0 saturated carbocycles. The molecule has 0 aliphatic carbocycles. The first kappa shape index (κ1) is 15.2. The Balaban J connectivity index is 2.99. The first-order valence-electron chi connectivity index (χ1n) is 5.32. The summed E-state index contributed by atoms with van der Waals surface area (Å²) in [5.41, 5.74) is 0.307. The van der Waals surface area contributed by atoms with Gasteiger partial charge in [0.15, 0.2) is 0 Å². The highest BCUT2D eigenvalue weighted by Crippen LogP contribution is 2.30. The number of alkyl halides is 1. The van der Waals surface area contributed by atoms with E-state index in [0.717, 1.165) is 0 Å². The molecule has 0 heterocycles. The van der Waals surface area contributed by atoms with Crippen molar-refractivity contribution in [3.8, 4) is 12.1 Å². The monoisotopic (exact) mass is 297 g/mol. The number of halogens is 2. The standard InChI is InChI=1S/C12H9Cl2N3O2/c13-10-3-2-9(6-11(10)17(18)19)7-12(14,8-16)4-1-5-15/h2-3,6H,1,4,7H2. The van der Waals surface area contributed by atoms with Crippen molar-refractivity contribution in [2.45, 2.75) is 24.1 Å². The molecule has 7 heteroatoms. The Bertz CT molecular complexity index is 577. The van der Waals surface area contributed by atoms with Crippen molar-refractivity contribution >= 4 is 28.9 Å². The van der Waals surface area contributed by atoms with Crippen molar-refractivity contribution in [3.63, 3.8) is 0 Å². The number of rotatable bonds is 5. The van der Waals surface area contributed by atoms with Gasteiger partial charge < -0.3 is 0 Å². The van der Waals surface area contributed by atoms with Crippen molar-refractivity contribution in [1.82, 2.24) is 0 Å². The van der Waals surface area contributed by atoms with Crippen LogP contribution >= 0.6 is 23.2 Å². The fourth-order valence-electron chi connectivity index (χ4n) is 1.57. The Morgan fingerprint density at radius 3 is 2.63 bits per heavy atom. The van der Waals surface area contributed by atoms with Gasteiger partial charge in [0.1, 0.15) is 9.90 Å². The summed E-state index contributed by atoms with van der Waals surface area (Å²) in [7, 11) is 0. The van der Waals surface area contributed by atoms with E-state index in [0.29, 0.717) is 5.56 Å². The highest BCUT2D eigenvalue weighted by molar-refractivity contribution is 6.32. The van der Waals surface area contributed by atoms with Gasteiger partial charge >= 0.3 is 0 Å². The highest BCUT2D eigenvalue weighted by atomic mass is 35.5. The third-order valence-electron chi connectivity index (χ3n) is 2.53. The molecule has 1 atom stereocenters. The van der Waals surface area contributed by atoms with Crippen LogP contribution in [0.25, 0.3) is 0 Å². The summed E-state index contributed by atoms with van der Waals surface area (Å²) in [4.78, 5) is 8.93. The minimum absolute atomic E-state index is 0.0305. The Hall–Kier alpha value is -1.82. The molecule has 0 fully saturated rings. The molecule has 19 heavy (non-hydrogen) atoms. The molecule has 5 nitrogen and oxygen atoms in total. The number of nitro benzene ring substituents is 1. The molecule has 0 radical (unpaired) electrons. The molecule has 0 aromatic heterocycles. The quantitative estimate of drug-likeness (QED) is 0.472. The lowest BCUT2D eigenvalue weighted by Crippen LogP contribution is -2.22. The summed E-state index contributed by atoms with van der Waals surface area (Å²) in [6, 6.07) is 8.13.